The number of benzene rings is 2. The van der Waals surface area contributed by atoms with E-state index in [0.29, 0.717) is 5.56 Å². The number of amides is 2. The van der Waals surface area contributed by atoms with Crippen molar-refractivity contribution in [3.8, 4) is 6.07 Å². The molecule has 1 saturated heterocycles. The number of nitriles is 1. The molecule has 1 N–H and O–H groups in total. The number of rotatable bonds is 6. The van der Waals surface area contributed by atoms with Gasteiger partial charge in [-0.3, -0.25) is 9.59 Å². The highest BCUT2D eigenvalue weighted by molar-refractivity contribution is 5.99. The second kappa shape index (κ2) is 10.8. The number of halogens is 3. The van der Waals surface area contributed by atoms with Crippen molar-refractivity contribution < 1.29 is 27.5 Å². The lowest BCUT2D eigenvalue weighted by Gasteiger charge is -2.42. The lowest BCUT2D eigenvalue weighted by molar-refractivity contribution is -0.137. The minimum Gasteiger partial charge on any atom is -0.383 e. The molecule has 2 aromatic rings. The summed E-state index contributed by atoms with van der Waals surface area (Å²) in [7, 11) is 1.49. The molecule has 0 saturated carbocycles. The Bertz CT molecular complexity index is 1140. The minimum atomic E-state index is -4.70. The van der Waals surface area contributed by atoms with Crippen LogP contribution in [0.25, 0.3) is 0 Å². The van der Waals surface area contributed by atoms with Gasteiger partial charge in [0.1, 0.15) is 6.04 Å². The summed E-state index contributed by atoms with van der Waals surface area (Å²) in [5, 5.41) is 11.8. The number of carbonyl (C=O) groups excluding carboxylic acids is 2. The molecule has 1 heterocycles. The Kier molecular flexibility index (Phi) is 8.02. The molecule has 7 nitrogen and oxygen atoms in total. The number of nitrogens with zero attached hydrogens (tertiary/aromatic N) is 3. The number of carbonyl (C=O) groups is 2. The van der Waals surface area contributed by atoms with Crippen LogP contribution in [0.1, 0.15) is 32.6 Å². The third-order valence-electron chi connectivity index (χ3n) is 5.96. The van der Waals surface area contributed by atoms with E-state index in [9.17, 15) is 22.8 Å². The van der Waals surface area contributed by atoms with Crippen LogP contribution in [0.15, 0.2) is 36.4 Å². The van der Waals surface area contributed by atoms with E-state index in [1.165, 1.54) is 18.1 Å². The number of hydrogen-bond acceptors (Lipinski definition) is 5. The van der Waals surface area contributed by atoms with Crippen LogP contribution in [0.5, 0.6) is 0 Å². The number of aryl methyl sites for hydroxylation is 2. The molecule has 1 aliphatic heterocycles. The number of methoxy groups -OCH3 is 1. The SMILES string of the molecule is COCCNC(=O)C1CN(c2ccc(C#N)c(C(F)(F)F)c2)CCN1C(=O)c1ccc(C)cc1C. The maximum absolute atomic E-state index is 13.5. The van der Waals surface area contributed by atoms with Crippen molar-refractivity contribution in [3.63, 3.8) is 0 Å². The van der Waals surface area contributed by atoms with Gasteiger partial charge in [0, 0.05) is 44.5 Å². The summed E-state index contributed by atoms with van der Waals surface area (Å²) < 4.78 is 45.4. The maximum atomic E-state index is 13.5. The predicted molar refractivity (Wildman–Crippen MR) is 124 cm³/mol. The highest BCUT2D eigenvalue weighted by Crippen LogP contribution is 2.35. The molecule has 1 fully saturated rings. The average Bonchev–Trinajstić information content (AvgIpc) is 2.82. The molecular formula is C25H27F3N4O3. The van der Waals surface area contributed by atoms with E-state index in [4.69, 9.17) is 10.00 Å². The summed E-state index contributed by atoms with van der Waals surface area (Å²) in [6.07, 6.45) is -4.70. The summed E-state index contributed by atoms with van der Waals surface area (Å²) in [5.41, 5.74) is 0.962. The summed E-state index contributed by atoms with van der Waals surface area (Å²) in [6, 6.07) is 9.52. The minimum absolute atomic E-state index is 0.00133. The van der Waals surface area contributed by atoms with Gasteiger partial charge in [0.25, 0.3) is 5.91 Å². The fourth-order valence-electron chi connectivity index (χ4n) is 4.15. The normalized spacial score (nSPS) is 16.1. The van der Waals surface area contributed by atoms with Crippen molar-refractivity contribution in [2.24, 2.45) is 0 Å². The molecule has 1 aliphatic rings. The lowest BCUT2D eigenvalue weighted by Crippen LogP contribution is -2.61. The van der Waals surface area contributed by atoms with Crippen LogP contribution in [0.4, 0.5) is 18.9 Å². The first kappa shape index (κ1) is 26.0. The van der Waals surface area contributed by atoms with Gasteiger partial charge in [-0.15, -0.1) is 0 Å². The van der Waals surface area contributed by atoms with E-state index in [1.54, 1.807) is 17.0 Å². The quantitative estimate of drug-likeness (QED) is 0.631. The maximum Gasteiger partial charge on any atom is 0.417 e. The van der Waals surface area contributed by atoms with Crippen LogP contribution >= 0.6 is 0 Å². The molecule has 2 aromatic carbocycles. The molecule has 0 bridgehead atoms. The molecule has 0 aromatic heterocycles. The molecule has 186 valence electrons. The second-order valence-electron chi connectivity index (χ2n) is 8.40. The molecule has 0 spiro atoms. The van der Waals surface area contributed by atoms with Crippen molar-refractivity contribution in [3.05, 3.63) is 64.2 Å². The van der Waals surface area contributed by atoms with E-state index in [2.05, 4.69) is 5.32 Å². The van der Waals surface area contributed by atoms with Crippen LogP contribution in [0, 0.1) is 25.2 Å². The zero-order valence-electron chi connectivity index (χ0n) is 19.8. The Morgan fingerprint density at radius 1 is 1.17 bits per heavy atom. The van der Waals surface area contributed by atoms with E-state index in [1.807, 2.05) is 26.0 Å². The van der Waals surface area contributed by atoms with Gasteiger partial charge >= 0.3 is 6.18 Å². The fourth-order valence-corrected chi connectivity index (χ4v) is 4.15. The Balaban J connectivity index is 1.92. The van der Waals surface area contributed by atoms with Crippen LogP contribution in [0.2, 0.25) is 0 Å². The summed E-state index contributed by atoms with van der Waals surface area (Å²) in [4.78, 5) is 29.5. The Morgan fingerprint density at radius 3 is 2.54 bits per heavy atom. The third kappa shape index (κ3) is 5.92. The molecule has 1 unspecified atom stereocenters. The first-order chi connectivity index (χ1) is 16.6. The second-order valence-corrected chi connectivity index (χ2v) is 8.40. The lowest BCUT2D eigenvalue weighted by atomic mass is 10.0. The first-order valence-electron chi connectivity index (χ1n) is 11.1. The number of hydrogen-bond donors (Lipinski definition) is 1. The number of piperazine rings is 1. The van der Waals surface area contributed by atoms with Gasteiger partial charge < -0.3 is 19.9 Å². The van der Waals surface area contributed by atoms with Crippen LogP contribution in [-0.4, -0.2) is 62.7 Å². The van der Waals surface area contributed by atoms with E-state index in [-0.39, 0.29) is 44.4 Å². The van der Waals surface area contributed by atoms with E-state index < -0.39 is 29.3 Å². The number of alkyl halides is 3. The number of anilines is 1. The van der Waals surface area contributed by atoms with Gasteiger partial charge in [0.05, 0.1) is 23.8 Å². The average molecular weight is 489 g/mol. The summed E-state index contributed by atoms with van der Waals surface area (Å²) in [6.45, 7) is 4.60. The smallest absolute Gasteiger partial charge is 0.383 e. The molecule has 3 rings (SSSR count). The Hall–Kier alpha value is -3.58. The van der Waals surface area contributed by atoms with Crippen LogP contribution in [-0.2, 0) is 15.7 Å². The van der Waals surface area contributed by atoms with Crippen molar-refractivity contribution in [2.75, 3.05) is 44.8 Å². The van der Waals surface area contributed by atoms with E-state index >= 15 is 0 Å². The van der Waals surface area contributed by atoms with Crippen molar-refractivity contribution >= 4 is 17.5 Å². The van der Waals surface area contributed by atoms with Gasteiger partial charge in [-0.1, -0.05) is 17.7 Å². The molecule has 0 aliphatic carbocycles. The Labute approximate surface area is 202 Å². The van der Waals surface area contributed by atoms with Gasteiger partial charge in [0.15, 0.2) is 0 Å². The zero-order valence-corrected chi connectivity index (χ0v) is 19.8. The Morgan fingerprint density at radius 2 is 1.91 bits per heavy atom. The van der Waals surface area contributed by atoms with Crippen molar-refractivity contribution in [1.82, 2.24) is 10.2 Å². The zero-order chi connectivity index (χ0) is 25.8. The number of ether oxygens (including phenoxy) is 1. The van der Waals surface area contributed by atoms with E-state index in [0.717, 1.165) is 23.3 Å². The highest BCUT2D eigenvalue weighted by Gasteiger charge is 2.38. The van der Waals surface area contributed by atoms with Gasteiger partial charge in [-0.05, 0) is 43.7 Å². The highest BCUT2D eigenvalue weighted by atomic mass is 19.4. The third-order valence-corrected chi connectivity index (χ3v) is 5.96. The molecular weight excluding hydrogens is 461 g/mol. The largest absolute Gasteiger partial charge is 0.417 e. The topological polar surface area (TPSA) is 85.7 Å². The van der Waals surface area contributed by atoms with Gasteiger partial charge in [-0.25, -0.2) is 0 Å². The fraction of sp³-hybridized carbons (Fsp3) is 0.400. The number of nitrogens with one attached hydrogen (secondary N) is 1. The predicted octanol–water partition coefficient (Wildman–Crippen LogP) is 3.29. The van der Waals surface area contributed by atoms with Crippen LogP contribution in [0.3, 0.4) is 0 Å². The first-order valence-corrected chi connectivity index (χ1v) is 11.1. The van der Waals surface area contributed by atoms with Crippen LogP contribution < -0.4 is 10.2 Å². The molecule has 2 amide bonds. The van der Waals surface area contributed by atoms with Crippen molar-refractivity contribution in [1.29, 1.82) is 5.26 Å². The summed E-state index contributed by atoms with van der Waals surface area (Å²) >= 11 is 0. The molecule has 0 radical (unpaired) electrons. The van der Waals surface area contributed by atoms with Gasteiger partial charge in [0.2, 0.25) is 5.91 Å². The molecule has 10 heteroatoms. The monoisotopic (exact) mass is 488 g/mol. The standard InChI is InChI=1S/C25H27F3N4O3/c1-16-4-7-20(17(2)12-16)24(34)32-10-9-31(15-22(32)23(33)30-8-11-35-3)19-6-5-18(14-29)21(13-19)25(26,27)28/h4-7,12-13,22H,8-11,15H2,1-3H3,(H,30,33). The van der Waals surface area contributed by atoms with Crippen molar-refractivity contribution in [2.45, 2.75) is 26.1 Å². The van der Waals surface area contributed by atoms with Gasteiger partial charge in [-0.2, -0.15) is 18.4 Å². The molecule has 35 heavy (non-hydrogen) atoms. The summed E-state index contributed by atoms with van der Waals surface area (Å²) in [5.74, 6) is -0.737. The molecule has 1 atom stereocenters.